The molecule has 4 rings (SSSR count). The number of aromatic nitrogens is 3. The Hall–Kier alpha value is -3.80. The Balaban J connectivity index is 0.000000238. The van der Waals surface area contributed by atoms with Gasteiger partial charge in [0.1, 0.15) is 11.8 Å². The molecular weight excluding hydrogens is 592 g/mol. The van der Waals surface area contributed by atoms with E-state index in [0.717, 1.165) is 28.1 Å². The Kier molecular flexibility index (Phi) is 10.0. The number of pyridine rings is 1. The quantitative estimate of drug-likeness (QED) is 0.390. The first-order chi connectivity index (χ1) is 18.9. The van der Waals surface area contributed by atoms with E-state index in [-0.39, 0.29) is 38.1 Å². The largest absolute Gasteiger partial charge is 0.416 e. The molecule has 1 aliphatic rings. The van der Waals surface area contributed by atoms with E-state index in [0.29, 0.717) is 12.2 Å². The predicted octanol–water partition coefficient (Wildman–Crippen LogP) is 5.32. The van der Waals surface area contributed by atoms with Crippen LogP contribution in [0.15, 0.2) is 51.8 Å². The fourth-order valence-corrected chi connectivity index (χ4v) is 4.99. The van der Waals surface area contributed by atoms with Gasteiger partial charge in [-0.2, -0.15) is 33.7 Å². The van der Waals surface area contributed by atoms with Crippen LogP contribution in [-0.2, 0) is 17.0 Å². The lowest BCUT2D eigenvalue weighted by Crippen LogP contribution is -2.42. The van der Waals surface area contributed by atoms with Crippen molar-refractivity contribution >= 4 is 52.0 Å². The summed E-state index contributed by atoms with van der Waals surface area (Å²) in [4.78, 5) is 15.5. The standard InChI is InChI=1S/C14H10Cl2F3N3OS.C10H11N5O/c1-3-24(23)13-7(2)22(21-11(13)6-20)12-9(15)4-8(5-10(12)16)14(17,18)19;1-8-7-15(10(16)14-13-8)12-6-9-3-2-4-11-5-9/h4-5H,3H2,1-2H3;2-6H,7H2,1H3,(H,14,16)/b;12-6+. The molecule has 0 radical (unpaired) electrons. The monoisotopic (exact) mass is 612 g/mol. The van der Waals surface area contributed by atoms with Gasteiger partial charge in [-0.3, -0.25) is 9.19 Å². The van der Waals surface area contributed by atoms with Crippen LogP contribution in [0, 0.1) is 18.3 Å². The zero-order valence-corrected chi connectivity index (χ0v) is 23.5. The average molecular weight is 613 g/mol. The normalized spacial score (nSPS) is 14.2. The molecule has 1 unspecified atom stereocenters. The molecule has 1 aromatic carbocycles. The van der Waals surface area contributed by atoms with Gasteiger partial charge < -0.3 is 0 Å². The lowest BCUT2D eigenvalue weighted by molar-refractivity contribution is -0.137. The highest BCUT2D eigenvalue weighted by molar-refractivity contribution is 7.85. The fourth-order valence-electron chi connectivity index (χ4n) is 3.33. The lowest BCUT2D eigenvalue weighted by Gasteiger charge is -2.20. The van der Waals surface area contributed by atoms with Gasteiger partial charge in [0, 0.05) is 23.7 Å². The van der Waals surface area contributed by atoms with Crippen molar-refractivity contribution in [1.29, 1.82) is 5.26 Å². The van der Waals surface area contributed by atoms with Crippen LogP contribution in [0.25, 0.3) is 5.69 Å². The third-order valence-electron chi connectivity index (χ3n) is 5.20. The smallest absolute Gasteiger partial charge is 0.264 e. The molecule has 3 heterocycles. The first kappa shape index (κ1) is 30.7. The molecule has 0 saturated heterocycles. The van der Waals surface area contributed by atoms with Gasteiger partial charge in [0.15, 0.2) is 5.69 Å². The minimum atomic E-state index is -4.60. The summed E-state index contributed by atoms with van der Waals surface area (Å²) in [5.41, 5.74) is 3.26. The van der Waals surface area contributed by atoms with Crippen LogP contribution in [0.1, 0.15) is 36.4 Å². The molecular formula is C24H21Cl2F3N8O2S. The highest BCUT2D eigenvalue weighted by Gasteiger charge is 2.33. The molecule has 16 heteroatoms. The maximum absolute atomic E-state index is 12.8. The van der Waals surface area contributed by atoms with Gasteiger partial charge in [0.25, 0.3) is 0 Å². The minimum absolute atomic E-state index is 0.000290. The zero-order chi connectivity index (χ0) is 29.6. The van der Waals surface area contributed by atoms with Crippen molar-refractivity contribution in [2.45, 2.75) is 31.8 Å². The van der Waals surface area contributed by atoms with E-state index in [2.05, 4.69) is 25.7 Å². The molecule has 2 amide bonds. The summed E-state index contributed by atoms with van der Waals surface area (Å²) in [6.45, 7) is 5.45. The molecule has 210 valence electrons. The summed E-state index contributed by atoms with van der Waals surface area (Å²) in [6.07, 6.45) is 0.344. The summed E-state index contributed by atoms with van der Waals surface area (Å²) in [5.74, 6) is 0.260. The van der Waals surface area contributed by atoms with Crippen LogP contribution in [0.2, 0.25) is 10.0 Å². The van der Waals surface area contributed by atoms with Crippen molar-refractivity contribution < 1.29 is 22.2 Å². The van der Waals surface area contributed by atoms with Gasteiger partial charge in [-0.05, 0) is 32.0 Å². The Bertz CT molecular complexity index is 1510. The van der Waals surface area contributed by atoms with E-state index >= 15 is 0 Å². The number of hydrogen-bond donors (Lipinski definition) is 1. The number of nitrogens with one attached hydrogen (secondary N) is 1. The number of carbonyl (C=O) groups is 1. The Morgan fingerprint density at radius 2 is 1.95 bits per heavy atom. The Labute approximate surface area is 239 Å². The number of amides is 2. The van der Waals surface area contributed by atoms with Gasteiger partial charge in [-0.15, -0.1) is 0 Å². The number of rotatable bonds is 5. The molecule has 1 aliphatic heterocycles. The van der Waals surface area contributed by atoms with Crippen molar-refractivity contribution in [1.82, 2.24) is 25.2 Å². The topological polar surface area (TPSA) is 129 Å². The van der Waals surface area contributed by atoms with E-state index in [9.17, 15) is 22.2 Å². The second kappa shape index (κ2) is 13.0. The summed E-state index contributed by atoms with van der Waals surface area (Å²) in [6, 6.07) is 6.62. The molecule has 0 bridgehead atoms. The van der Waals surface area contributed by atoms with Crippen LogP contribution in [0.4, 0.5) is 18.0 Å². The zero-order valence-electron chi connectivity index (χ0n) is 21.2. The summed E-state index contributed by atoms with van der Waals surface area (Å²) in [5, 5.41) is 21.8. The average Bonchev–Trinajstić information content (AvgIpc) is 3.24. The first-order valence-electron chi connectivity index (χ1n) is 11.4. The fraction of sp³-hybridized carbons (Fsp3) is 0.250. The number of carbonyl (C=O) groups excluding carboxylic acids is 1. The van der Waals surface area contributed by atoms with Gasteiger partial charge in [-0.1, -0.05) is 36.2 Å². The Morgan fingerprint density at radius 3 is 2.50 bits per heavy atom. The third-order valence-corrected chi connectivity index (χ3v) is 7.24. The molecule has 0 aliphatic carbocycles. The highest BCUT2D eigenvalue weighted by Crippen LogP contribution is 2.38. The van der Waals surface area contributed by atoms with Gasteiger partial charge >= 0.3 is 12.2 Å². The molecule has 0 saturated carbocycles. The van der Waals surface area contributed by atoms with Crippen molar-refractivity contribution in [2.75, 3.05) is 12.3 Å². The maximum atomic E-state index is 12.8. The third kappa shape index (κ3) is 7.23. The minimum Gasteiger partial charge on any atom is -0.264 e. The second-order valence-electron chi connectivity index (χ2n) is 8.06. The molecule has 0 spiro atoms. The van der Waals surface area contributed by atoms with Gasteiger partial charge in [0.05, 0.1) is 55.5 Å². The number of alkyl halides is 3. The highest BCUT2D eigenvalue weighted by atomic mass is 35.5. The number of hydrazone groups is 2. The van der Waals surface area contributed by atoms with Crippen molar-refractivity contribution in [3.8, 4) is 11.8 Å². The summed E-state index contributed by atoms with van der Waals surface area (Å²) < 4.78 is 51.7. The van der Waals surface area contributed by atoms with Crippen LogP contribution >= 0.6 is 23.2 Å². The molecule has 1 N–H and O–H groups in total. The van der Waals surface area contributed by atoms with E-state index in [1.807, 2.05) is 25.1 Å². The second-order valence-corrected chi connectivity index (χ2v) is 10.6. The number of benzene rings is 1. The molecule has 2 aromatic heterocycles. The first-order valence-corrected chi connectivity index (χ1v) is 13.4. The van der Waals surface area contributed by atoms with Crippen molar-refractivity contribution in [3.63, 3.8) is 0 Å². The van der Waals surface area contributed by atoms with Gasteiger partial charge in [0.2, 0.25) is 0 Å². The van der Waals surface area contributed by atoms with Crippen LogP contribution in [0.5, 0.6) is 0 Å². The summed E-state index contributed by atoms with van der Waals surface area (Å²) in [7, 11) is -1.47. The number of urea groups is 1. The molecule has 10 nitrogen and oxygen atoms in total. The molecule has 0 fully saturated rings. The summed E-state index contributed by atoms with van der Waals surface area (Å²) >= 11 is 11.9. The van der Waals surface area contributed by atoms with E-state index < -0.39 is 22.5 Å². The van der Waals surface area contributed by atoms with E-state index in [1.165, 1.54) is 5.01 Å². The Morgan fingerprint density at radius 1 is 1.27 bits per heavy atom. The molecule has 40 heavy (non-hydrogen) atoms. The van der Waals surface area contributed by atoms with Crippen molar-refractivity contribution in [3.05, 3.63) is 69.2 Å². The lowest BCUT2D eigenvalue weighted by atomic mass is 10.2. The van der Waals surface area contributed by atoms with Crippen molar-refractivity contribution in [2.24, 2.45) is 10.2 Å². The van der Waals surface area contributed by atoms with Crippen LogP contribution in [-0.4, -0.2) is 54.2 Å². The predicted molar refractivity (Wildman–Crippen MR) is 145 cm³/mol. The number of hydrogen-bond acceptors (Lipinski definition) is 7. The number of halogens is 5. The number of nitrogens with zero attached hydrogens (tertiary/aromatic N) is 7. The van der Waals surface area contributed by atoms with Crippen LogP contribution in [0.3, 0.4) is 0 Å². The maximum Gasteiger partial charge on any atom is 0.416 e. The van der Waals surface area contributed by atoms with E-state index in [4.69, 9.17) is 28.5 Å². The SMILES string of the molecule is CC1=NNC(=O)N(/N=C/c2cccnc2)C1.CCS(=O)c1c(C#N)nn(-c2c(Cl)cc(C(F)(F)F)cc2Cl)c1C. The van der Waals surface area contributed by atoms with E-state index in [1.54, 1.807) is 32.5 Å². The molecule has 1 atom stereocenters. The number of nitriles is 1. The molecule has 3 aromatic rings. The van der Waals surface area contributed by atoms with Crippen LogP contribution < -0.4 is 5.43 Å². The van der Waals surface area contributed by atoms with Gasteiger partial charge in [-0.25, -0.2) is 19.9 Å².